The van der Waals surface area contributed by atoms with Gasteiger partial charge in [-0.05, 0) is 36.4 Å². The van der Waals surface area contributed by atoms with Crippen LogP contribution in [0.4, 0.5) is 24.7 Å². The molecule has 0 saturated heterocycles. The molecule has 3 rings (SSSR count). The Bertz CT molecular complexity index is 902. The summed E-state index contributed by atoms with van der Waals surface area (Å²) in [4.78, 5) is 12.0. The zero-order chi connectivity index (χ0) is 18.7. The maximum Gasteiger partial charge on any atom is 0.425 e. The normalized spacial score (nSPS) is 11.3. The number of hydrogen-bond donors (Lipinski definition) is 1. The molecule has 0 saturated carbocycles. The van der Waals surface area contributed by atoms with Gasteiger partial charge >= 0.3 is 6.18 Å². The quantitative estimate of drug-likeness (QED) is 0.693. The van der Waals surface area contributed by atoms with Gasteiger partial charge in [-0.1, -0.05) is 17.7 Å². The van der Waals surface area contributed by atoms with E-state index < -0.39 is 23.4 Å². The monoisotopic (exact) mass is 380 g/mol. The topological polar surface area (TPSA) is 59.9 Å². The highest BCUT2D eigenvalue weighted by molar-refractivity contribution is 6.30. The number of anilines is 2. The number of ether oxygens (including phenoxy) is 1. The Hall–Kier alpha value is -2.87. The van der Waals surface area contributed by atoms with Crippen LogP contribution in [0.25, 0.3) is 11.5 Å². The van der Waals surface area contributed by atoms with Crippen molar-refractivity contribution >= 4 is 23.1 Å². The largest absolute Gasteiger partial charge is 0.480 e. The number of aromatic nitrogens is 3. The molecule has 0 aliphatic rings. The summed E-state index contributed by atoms with van der Waals surface area (Å²) in [5.41, 5.74) is -0.402. The molecule has 0 radical (unpaired) electrons. The Kier molecular flexibility index (Phi) is 4.94. The van der Waals surface area contributed by atoms with E-state index in [0.717, 1.165) is 7.11 Å². The molecule has 3 aromatic rings. The van der Waals surface area contributed by atoms with E-state index in [9.17, 15) is 13.2 Å². The molecule has 0 spiro atoms. The third-order valence-electron chi connectivity index (χ3n) is 3.35. The lowest BCUT2D eigenvalue weighted by atomic mass is 10.2. The molecular formula is C17H12ClF3N4O. The molecule has 2 aromatic heterocycles. The predicted molar refractivity (Wildman–Crippen MR) is 91.6 cm³/mol. The van der Waals surface area contributed by atoms with Crippen molar-refractivity contribution in [2.45, 2.75) is 6.18 Å². The molecule has 0 fully saturated rings. The lowest BCUT2D eigenvalue weighted by Gasteiger charge is -2.17. The van der Waals surface area contributed by atoms with E-state index in [4.69, 9.17) is 16.3 Å². The minimum atomic E-state index is -4.72. The molecular weight excluding hydrogens is 369 g/mol. The molecule has 0 bridgehead atoms. The fourth-order valence-electron chi connectivity index (χ4n) is 2.21. The van der Waals surface area contributed by atoms with Gasteiger partial charge < -0.3 is 10.1 Å². The van der Waals surface area contributed by atoms with Crippen molar-refractivity contribution in [3.63, 3.8) is 0 Å². The van der Waals surface area contributed by atoms with E-state index in [2.05, 4.69) is 20.3 Å². The number of rotatable bonds is 4. The van der Waals surface area contributed by atoms with Crippen LogP contribution < -0.4 is 10.1 Å². The summed E-state index contributed by atoms with van der Waals surface area (Å²) in [5, 5.41) is 3.11. The molecule has 5 nitrogen and oxygen atoms in total. The number of benzene rings is 1. The third-order valence-corrected chi connectivity index (χ3v) is 3.61. The Balaban J connectivity index is 2.16. The van der Waals surface area contributed by atoms with Gasteiger partial charge in [0.05, 0.1) is 7.11 Å². The van der Waals surface area contributed by atoms with E-state index in [0.29, 0.717) is 16.4 Å². The number of halogens is 4. The molecule has 1 aromatic carbocycles. The Morgan fingerprint density at radius 1 is 1.04 bits per heavy atom. The summed E-state index contributed by atoms with van der Waals surface area (Å²) in [6, 6.07) is 11.1. The molecule has 1 N–H and O–H groups in total. The van der Waals surface area contributed by atoms with Gasteiger partial charge in [0.1, 0.15) is 5.69 Å². The van der Waals surface area contributed by atoms with Crippen LogP contribution in [-0.4, -0.2) is 22.1 Å². The Labute approximate surface area is 151 Å². The number of nitrogens with zero attached hydrogens (tertiary/aromatic N) is 3. The van der Waals surface area contributed by atoms with Gasteiger partial charge in [-0.15, -0.1) is 0 Å². The molecule has 9 heteroatoms. The second-order valence-corrected chi connectivity index (χ2v) is 5.56. The first-order valence-electron chi connectivity index (χ1n) is 7.35. The van der Waals surface area contributed by atoms with Gasteiger partial charge in [0.25, 0.3) is 0 Å². The van der Waals surface area contributed by atoms with Crippen LogP contribution in [0.15, 0.2) is 48.7 Å². The highest BCUT2D eigenvalue weighted by atomic mass is 35.5. The van der Waals surface area contributed by atoms with Gasteiger partial charge in [-0.25, -0.2) is 4.98 Å². The molecule has 0 unspecified atom stereocenters. The zero-order valence-electron chi connectivity index (χ0n) is 13.4. The van der Waals surface area contributed by atoms with Gasteiger partial charge in [-0.2, -0.15) is 18.2 Å². The van der Waals surface area contributed by atoms with Crippen LogP contribution in [-0.2, 0) is 6.18 Å². The van der Waals surface area contributed by atoms with E-state index in [-0.39, 0.29) is 5.82 Å². The summed E-state index contributed by atoms with van der Waals surface area (Å²) >= 11 is 5.81. The van der Waals surface area contributed by atoms with Gasteiger partial charge in [0, 0.05) is 16.9 Å². The van der Waals surface area contributed by atoms with Crippen LogP contribution in [0.3, 0.4) is 0 Å². The predicted octanol–water partition coefficient (Wildman–Crippen LogP) is 4.96. The van der Waals surface area contributed by atoms with Crippen LogP contribution in [0.2, 0.25) is 5.02 Å². The zero-order valence-corrected chi connectivity index (χ0v) is 14.1. The summed E-state index contributed by atoms with van der Waals surface area (Å²) in [6.07, 6.45) is -3.22. The SMILES string of the molecule is COc1nc(-c2ccccn2)nc(Nc2ccc(Cl)cc2)c1C(F)(F)F. The Morgan fingerprint density at radius 2 is 1.77 bits per heavy atom. The second-order valence-electron chi connectivity index (χ2n) is 5.12. The van der Waals surface area contributed by atoms with E-state index in [1.807, 2.05) is 0 Å². The Morgan fingerprint density at radius 3 is 2.35 bits per heavy atom. The van der Waals surface area contributed by atoms with Crippen molar-refractivity contribution in [2.24, 2.45) is 0 Å². The number of pyridine rings is 1. The average molecular weight is 381 g/mol. The van der Waals surface area contributed by atoms with Crippen LogP contribution in [0.5, 0.6) is 5.88 Å². The minimum Gasteiger partial charge on any atom is -0.480 e. The van der Waals surface area contributed by atoms with Crippen molar-refractivity contribution in [3.05, 3.63) is 59.2 Å². The number of hydrogen-bond acceptors (Lipinski definition) is 5. The first kappa shape index (κ1) is 17.9. The molecule has 0 atom stereocenters. The van der Waals surface area contributed by atoms with Crippen molar-refractivity contribution in [1.82, 2.24) is 15.0 Å². The fraction of sp³-hybridized carbons (Fsp3) is 0.118. The number of alkyl halides is 3. The lowest BCUT2D eigenvalue weighted by Crippen LogP contribution is -2.14. The van der Waals surface area contributed by atoms with Gasteiger partial charge in [0.15, 0.2) is 17.2 Å². The molecule has 0 amide bonds. The van der Waals surface area contributed by atoms with Crippen molar-refractivity contribution in [1.29, 1.82) is 0 Å². The summed E-state index contributed by atoms with van der Waals surface area (Å²) in [6.45, 7) is 0. The highest BCUT2D eigenvalue weighted by Gasteiger charge is 2.40. The maximum atomic E-state index is 13.6. The van der Waals surface area contributed by atoms with Crippen LogP contribution >= 0.6 is 11.6 Å². The minimum absolute atomic E-state index is 0.00640. The van der Waals surface area contributed by atoms with Gasteiger partial charge in [-0.3, -0.25) is 4.98 Å². The average Bonchev–Trinajstić information content (AvgIpc) is 2.62. The first-order valence-corrected chi connectivity index (χ1v) is 7.73. The van der Waals surface area contributed by atoms with Crippen molar-refractivity contribution in [3.8, 4) is 17.4 Å². The molecule has 134 valence electrons. The first-order chi connectivity index (χ1) is 12.4. The standard InChI is InChI=1S/C17H12ClF3N4O/c1-26-16-13(17(19,20)21)15(23-11-7-5-10(18)6-8-11)24-14(25-16)12-4-2-3-9-22-12/h2-9H,1H3,(H,23,24,25). The molecule has 26 heavy (non-hydrogen) atoms. The summed E-state index contributed by atoms with van der Waals surface area (Å²) < 4.78 is 45.6. The number of methoxy groups -OCH3 is 1. The molecule has 0 aliphatic heterocycles. The maximum absolute atomic E-state index is 13.6. The summed E-state index contributed by atoms with van der Waals surface area (Å²) in [5.74, 6) is -1.02. The van der Waals surface area contributed by atoms with E-state index >= 15 is 0 Å². The van der Waals surface area contributed by atoms with Crippen LogP contribution in [0, 0.1) is 0 Å². The third kappa shape index (κ3) is 3.85. The van der Waals surface area contributed by atoms with E-state index in [1.54, 1.807) is 30.3 Å². The molecule has 0 aliphatic carbocycles. The fourth-order valence-corrected chi connectivity index (χ4v) is 2.34. The number of nitrogens with one attached hydrogen (secondary N) is 1. The van der Waals surface area contributed by atoms with Crippen molar-refractivity contribution < 1.29 is 17.9 Å². The van der Waals surface area contributed by atoms with Crippen LogP contribution in [0.1, 0.15) is 5.56 Å². The van der Waals surface area contributed by atoms with Crippen molar-refractivity contribution in [2.75, 3.05) is 12.4 Å². The summed E-state index contributed by atoms with van der Waals surface area (Å²) in [7, 11) is 1.12. The second kappa shape index (κ2) is 7.17. The smallest absolute Gasteiger partial charge is 0.425 e. The lowest BCUT2D eigenvalue weighted by molar-refractivity contribution is -0.138. The van der Waals surface area contributed by atoms with E-state index in [1.165, 1.54) is 18.3 Å². The van der Waals surface area contributed by atoms with Gasteiger partial charge in [0.2, 0.25) is 5.88 Å². The molecule has 2 heterocycles. The highest BCUT2D eigenvalue weighted by Crippen LogP contribution is 2.41.